The highest BCUT2D eigenvalue weighted by atomic mass is 127. The molecule has 0 saturated carbocycles. The molecule has 0 saturated heterocycles. The second-order valence-electron chi connectivity index (χ2n) is 5.96. The number of rotatable bonds is 8. The molecule has 0 spiro atoms. The standard InChI is InChI=1S/C21H20F3IO3S/c1-3-27-20(26)13-28-19-9-8-17(12-14(19)2)29-11-10-18(25)15-4-6-16(7-5-15)21(22,23)24/h4-10,12H,3,11,13H2,1-2H3/b18-10-. The van der Waals surface area contributed by atoms with Crippen LogP contribution in [-0.2, 0) is 15.7 Å². The molecule has 0 aliphatic rings. The van der Waals surface area contributed by atoms with Gasteiger partial charge in [-0.1, -0.05) is 18.2 Å². The van der Waals surface area contributed by atoms with E-state index < -0.39 is 17.7 Å². The van der Waals surface area contributed by atoms with Crippen LogP contribution in [0, 0.1) is 6.92 Å². The first-order valence-electron chi connectivity index (χ1n) is 8.76. The number of carbonyl (C=O) groups is 1. The molecule has 0 bridgehead atoms. The molecule has 0 unspecified atom stereocenters. The van der Waals surface area contributed by atoms with E-state index in [-0.39, 0.29) is 6.61 Å². The Morgan fingerprint density at radius 2 is 1.86 bits per heavy atom. The average molecular weight is 536 g/mol. The fourth-order valence-corrected chi connectivity index (χ4v) is 4.11. The molecule has 156 valence electrons. The normalized spacial score (nSPS) is 12.0. The van der Waals surface area contributed by atoms with Gasteiger partial charge in [-0.05, 0) is 77.9 Å². The monoisotopic (exact) mass is 536 g/mol. The van der Waals surface area contributed by atoms with Crippen molar-refractivity contribution in [2.75, 3.05) is 19.0 Å². The zero-order valence-corrected chi connectivity index (χ0v) is 18.9. The molecule has 3 nitrogen and oxygen atoms in total. The van der Waals surface area contributed by atoms with Crippen LogP contribution in [0.3, 0.4) is 0 Å². The van der Waals surface area contributed by atoms with Crippen molar-refractivity contribution in [3.63, 3.8) is 0 Å². The summed E-state index contributed by atoms with van der Waals surface area (Å²) in [7, 11) is 0. The zero-order valence-electron chi connectivity index (χ0n) is 15.9. The molecule has 2 aromatic carbocycles. The van der Waals surface area contributed by atoms with Gasteiger partial charge in [0, 0.05) is 14.2 Å². The quantitative estimate of drug-likeness (QED) is 0.219. The molecule has 2 aromatic rings. The summed E-state index contributed by atoms with van der Waals surface area (Å²) in [5, 5.41) is 0. The number of hydrogen-bond acceptors (Lipinski definition) is 4. The first kappa shape index (κ1) is 23.6. The largest absolute Gasteiger partial charge is 0.482 e. The number of aryl methyl sites for hydroxylation is 1. The Labute approximate surface area is 185 Å². The molecular formula is C21H20F3IO3S. The van der Waals surface area contributed by atoms with E-state index in [0.29, 0.717) is 18.1 Å². The van der Waals surface area contributed by atoms with Crippen molar-refractivity contribution in [1.82, 2.24) is 0 Å². The minimum Gasteiger partial charge on any atom is -0.482 e. The number of alkyl halides is 3. The van der Waals surface area contributed by atoms with Crippen LogP contribution in [0.15, 0.2) is 53.4 Å². The van der Waals surface area contributed by atoms with E-state index in [1.165, 1.54) is 12.1 Å². The van der Waals surface area contributed by atoms with Gasteiger partial charge in [0.25, 0.3) is 0 Å². The third-order valence-electron chi connectivity index (χ3n) is 3.80. The summed E-state index contributed by atoms with van der Waals surface area (Å²) >= 11 is 3.72. The highest BCUT2D eigenvalue weighted by Gasteiger charge is 2.29. The van der Waals surface area contributed by atoms with Gasteiger partial charge in [0.2, 0.25) is 0 Å². The summed E-state index contributed by atoms with van der Waals surface area (Å²) in [5.74, 6) is 0.882. The van der Waals surface area contributed by atoms with Gasteiger partial charge in [0.05, 0.1) is 12.2 Å². The highest BCUT2D eigenvalue weighted by molar-refractivity contribution is 14.1. The number of halogens is 4. The molecule has 0 aliphatic heterocycles. The maximum absolute atomic E-state index is 12.6. The van der Waals surface area contributed by atoms with Crippen molar-refractivity contribution in [2.45, 2.75) is 24.9 Å². The maximum atomic E-state index is 12.6. The summed E-state index contributed by atoms with van der Waals surface area (Å²) in [4.78, 5) is 12.4. The summed E-state index contributed by atoms with van der Waals surface area (Å²) in [6.45, 7) is 3.82. The highest BCUT2D eigenvalue weighted by Crippen LogP contribution is 2.32. The van der Waals surface area contributed by atoms with Crippen molar-refractivity contribution in [3.8, 4) is 5.75 Å². The van der Waals surface area contributed by atoms with Gasteiger partial charge in [0.15, 0.2) is 6.61 Å². The van der Waals surface area contributed by atoms with Crippen LogP contribution < -0.4 is 4.74 Å². The number of hydrogen-bond donors (Lipinski definition) is 0. The summed E-state index contributed by atoms with van der Waals surface area (Å²) in [6.07, 6.45) is -2.36. The van der Waals surface area contributed by atoms with Gasteiger partial charge in [-0.2, -0.15) is 13.2 Å². The third-order valence-corrected chi connectivity index (χ3v) is 5.78. The van der Waals surface area contributed by atoms with Crippen LogP contribution in [-0.4, -0.2) is 24.9 Å². The molecule has 0 amide bonds. The van der Waals surface area contributed by atoms with Crippen LogP contribution in [0.2, 0.25) is 0 Å². The summed E-state index contributed by atoms with van der Waals surface area (Å²) < 4.78 is 49.1. The van der Waals surface area contributed by atoms with E-state index in [0.717, 1.165) is 31.7 Å². The predicted molar refractivity (Wildman–Crippen MR) is 117 cm³/mol. The van der Waals surface area contributed by atoms with E-state index in [4.69, 9.17) is 9.47 Å². The lowest BCUT2D eigenvalue weighted by molar-refractivity contribution is -0.145. The fourth-order valence-electron chi connectivity index (χ4n) is 2.36. The maximum Gasteiger partial charge on any atom is 0.416 e. The Balaban J connectivity index is 1.92. The van der Waals surface area contributed by atoms with Crippen molar-refractivity contribution in [1.29, 1.82) is 0 Å². The number of esters is 1. The predicted octanol–water partition coefficient (Wildman–Crippen LogP) is 6.52. The molecule has 0 heterocycles. The van der Waals surface area contributed by atoms with E-state index in [9.17, 15) is 18.0 Å². The Hall–Kier alpha value is -1.68. The van der Waals surface area contributed by atoms with Gasteiger partial charge in [-0.25, -0.2) is 4.79 Å². The SMILES string of the molecule is CCOC(=O)COc1ccc(SC/C=C(\I)c2ccc(C(F)(F)F)cc2)cc1C. The van der Waals surface area contributed by atoms with E-state index in [1.54, 1.807) is 24.8 Å². The molecule has 0 radical (unpaired) electrons. The lowest BCUT2D eigenvalue weighted by Crippen LogP contribution is -2.14. The third kappa shape index (κ3) is 7.58. The first-order chi connectivity index (χ1) is 13.7. The van der Waals surface area contributed by atoms with Gasteiger partial charge in [0.1, 0.15) is 5.75 Å². The lowest BCUT2D eigenvalue weighted by Gasteiger charge is -2.10. The molecule has 2 rings (SSSR count). The molecule has 0 aliphatic carbocycles. The van der Waals surface area contributed by atoms with Gasteiger partial charge in [-0.15, -0.1) is 11.8 Å². The topological polar surface area (TPSA) is 35.5 Å². The van der Waals surface area contributed by atoms with Crippen molar-refractivity contribution in [2.24, 2.45) is 0 Å². The minimum atomic E-state index is -4.33. The van der Waals surface area contributed by atoms with Crippen molar-refractivity contribution in [3.05, 3.63) is 65.2 Å². The average Bonchev–Trinajstić information content (AvgIpc) is 2.67. The summed E-state index contributed by atoms with van der Waals surface area (Å²) in [6, 6.07) is 10.8. The first-order valence-corrected chi connectivity index (χ1v) is 10.8. The number of ether oxygens (including phenoxy) is 2. The van der Waals surface area contributed by atoms with E-state index in [1.807, 2.05) is 25.1 Å². The second kappa shape index (κ2) is 10.9. The number of thioether (sulfide) groups is 1. The van der Waals surface area contributed by atoms with Gasteiger partial charge >= 0.3 is 12.1 Å². The molecule has 8 heteroatoms. The Bertz CT molecular complexity index is 864. The van der Waals surface area contributed by atoms with Crippen LogP contribution in [0.5, 0.6) is 5.75 Å². The Kier molecular flexibility index (Phi) is 8.88. The Morgan fingerprint density at radius 3 is 2.45 bits per heavy atom. The number of benzene rings is 2. The van der Waals surface area contributed by atoms with Crippen LogP contribution in [0.1, 0.15) is 23.6 Å². The second-order valence-corrected chi connectivity index (χ2v) is 8.21. The van der Waals surface area contributed by atoms with Crippen molar-refractivity contribution >= 4 is 43.9 Å². The summed E-state index contributed by atoms with van der Waals surface area (Å²) in [5.41, 5.74) is 0.999. The van der Waals surface area contributed by atoms with E-state index in [2.05, 4.69) is 22.6 Å². The molecular weight excluding hydrogens is 516 g/mol. The van der Waals surface area contributed by atoms with Crippen molar-refractivity contribution < 1.29 is 27.4 Å². The van der Waals surface area contributed by atoms with Crippen LogP contribution in [0.4, 0.5) is 13.2 Å². The fraction of sp³-hybridized carbons (Fsp3) is 0.286. The van der Waals surface area contributed by atoms with E-state index >= 15 is 0 Å². The minimum absolute atomic E-state index is 0.130. The number of carbonyl (C=O) groups excluding carboxylic acids is 1. The van der Waals surface area contributed by atoms with Gasteiger partial charge < -0.3 is 9.47 Å². The smallest absolute Gasteiger partial charge is 0.416 e. The molecule has 0 atom stereocenters. The van der Waals surface area contributed by atoms with Crippen LogP contribution >= 0.6 is 34.4 Å². The van der Waals surface area contributed by atoms with Crippen LogP contribution in [0.25, 0.3) is 3.58 Å². The lowest BCUT2D eigenvalue weighted by atomic mass is 10.1. The van der Waals surface area contributed by atoms with Gasteiger partial charge in [-0.3, -0.25) is 0 Å². The zero-order chi connectivity index (χ0) is 21.4. The molecule has 0 N–H and O–H groups in total. The molecule has 0 fully saturated rings. The molecule has 29 heavy (non-hydrogen) atoms. The Morgan fingerprint density at radius 1 is 1.17 bits per heavy atom. The molecule has 0 aromatic heterocycles.